The van der Waals surface area contributed by atoms with Gasteiger partial charge in [0.05, 0.1) is 5.92 Å². The third kappa shape index (κ3) is 6.47. The number of hydrogen-bond acceptors (Lipinski definition) is 2. The lowest BCUT2D eigenvalue weighted by molar-refractivity contribution is -0.125. The number of nitrogens with one attached hydrogen (secondary N) is 2. The summed E-state index contributed by atoms with van der Waals surface area (Å²) in [7, 11) is 0. The highest BCUT2D eigenvalue weighted by molar-refractivity contribution is 5.78. The van der Waals surface area contributed by atoms with Crippen LogP contribution in [0, 0.1) is 18.3 Å². The van der Waals surface area contributed by atoms with E-state index >= 15 is 0 Å². The lowest BCUT2D eigenvalue weighted by atomic mass is 10.0. The largest absolute Gasteiger partial charge is 0.356 e. The fourth-order valence-corrected chi connectivity index (χ4v) is 1.33. The van der Waals surface area contributed by atoms with Gasteiger partial charge in [0.2, 0.25) is 5.91 Å². The molecule has 0 fully saturated rings. The molecule has 0 aromatic heterocycles. The maximum atomic E-state index is 11.6. The molecule has 0 aliphatic heterocycles. The molecule has 3 nitrogen and oxygen atoms in total. The fraction of sp³-hybridized carbons (Fsp3) is 0.769. The second-order valence-electron chi connectivity index (χ2n) is 4.13. The van der Waals surface area contributed by atoms with Crippen LogP contribution >= 0.6 is 0 Å². The van der Waals surface area contributed by atoms with Gasteiger partial charge in [-0.05, 0) is 26.3 Å². The van der Waals surface area contributed by atoms with Crippen LogP contribution in [-0.2, 0) is 4.79 Å². The summed E-state index contributed by atoms with van der Waals surface area (Å²) in [5.74, 6) is 2.72. The minimum Gasteiger partial charge on any atom is -0.356 e. The first-order valence-corrected chi connectivity index (χ1v) is 6.08. The lowest BCUT2D eigenvalue weighted by Crippen LogP contribution is -2.42. The molecule has 0 saturated heterocycles. The Hall–Kier alpha value is -1.01. The zero-order valence-electron chi connectivity index (χ0n) is 10.7. The van der Waals surface area contributed by atoms with Crippen molar-refractivity contribution in [1.82, 2.24) is 10.6 Å². The number of unbranched alkanes of at least 4 members (excludes halogenated alkanes) is 1. The van der Waals surface area contributed by atoms with E-state index in [1.54, 1.807) is 0 Å². The standard InChI is InChI=1S/C13H24N2O/c1-5-7-8-10-14-12(4)11(3)13(16)15-9-6-2/h1,11-12,14H,6-10H2,2-4H3,(H,15,16). The van der Waals surface area contributed by atoms with Gasteiger partial charge < -0.3 is 10.6 Å². The van der Waals surface area contributed by atoms with E-state index in [0.29, 0.717) is 0 Å². The number of hydrogen-bond donors (Lipinski definition) is 2. The number of carbonyl (C=O) groups is 1. The van der Waals surface area contributed by atoms with Gasteiger partial charge in [-0.2, -0.15) is 0 Å². The molecule has 2 N–H and O–H groups in total. The van der Waals surface area contributed by atoms with E-state index in [4.69, 9.17) is 6.42 Å². The number of carbonyl (C=O) groups excluding carboxylic acids is 1. The Morgan fingerprint density at radius 2 is 2.06 bits per heavy atom. The van der Waals surface area contributed by atoms with Crippen LogP contribution in [0.15, 0.2) is 0 Å². The highest BCUT2D eigenvalue weighted by atomic mass is 16.1. The number of rotatable bonds is 8. The second kappa shape index (κ2) is 9.23. The average Bonchev–Trinajstić information content (AvgIpc) is 2.30. The van der Waals surface area contributed by atoms with Crippen molar-refractivity contribution in [2.24, 2.45) is 5.92 Å². The Balaban J connectivity index is 3.75. The Morgan fingerprint density at radius 1 is 1.38 bits per heavy atom. The van der Waals surface area contributed by atoms with Crippen LogP contribution < -0.4 is 10.6 Å². The van der Waals surface area contributed by atoms with Gasteiger partial charge in [0.1, 0.15) is 0 Å². The summed E-state index contributed by atoms with van der Waals surface area (Å²) < 4.78 is 0. The van der Waals surface area contributed by atoms with Crippen molar-refractivity contribution in [2.45, 2.75) is 46.1 Å². The van der Waals surface area contributed by atoms with E-state index in [2.05, 4.69) is 16.6 Å². The van der Waals surface area contributed by atoms with Gasteiger partial charge in [-0.1, -0.05) is 13.8 Å². The van der Waals surface area contributed by atoms with Gasteiger partial charge >= 0.3 is 0 Å². The van der Waals surface area contributed by atoms with Crippen LogP contribution in [-0.4, -0.2) is 25.0 Å². The first-order valence-electron chi connectivity index (χ1n) is 6.08. The van der Waals surface area contributed by atoms with Gasteiger partial charge in [0.15, 0.2) is 0 Å². The van der Waals surface area contributed by atoms with E-state index in [-0.39, 0.29) is 17.9 Å². The van der Waals surface area contributed by atoms with E-state index in [9.17, 15) is 4.79 Å². The third-order valence-electron chi connectivity index (χ3n) is 2.68. The SMILES string of the molecule is C#CCCCNC(C)C(C)C(=O)NCCC. The molecular formula is C13H24N2O. The lowest BCUT2D eigenvalue weighted by Gasteiger charge is -2.20. The van der Waals surface area contributed by atoms with Crippen LogP contribution in [0.3, 0.4) is 0 Å². The van der Waals surface area contributed by atoms with Crippen molar-refractivity contribution >= 4 is 5.91 Å². The van der Waals surface area contributed by atoms with Crippen molar-refractivity contribution in [3.8, 4) is 12.3 Å². The number of amides is 1. The molecular weight excluding hydrogens is 200 g/mol. The highest BCUT2D eigenvalue weighted by Crippen LogP contribution is 2.02. The quantitative estimate of drug-likeness (QED) is 0.485. The maximum Gasteiger partial charge on any atom is 0.224 e. The van der Waals surface area contributed by atoms with Crippen LogP contribution in [0.1, 0.15) is 40.0 Å². The predicted molar refractivity (Wildman–Crippen MR) is 68.0 cm³/mol. The first-order chi connectivity index (χ1) is 7.63. The van der Waals surface area contributed by atoms with E-state index in [1.165, 1.54) is 0 Å². The molecule has 2 unspecified atom stereocenters. The summed E-state index contributed by atoms with van der Waals surface area (Å²) in [4.78, 5) is 11.6. The van der Waals surface area contributed by atoms with Crippen LogP contribution in [0.4, 0.5) is 0 Å². The molecule has 3 heteroatoms. The highest BCUT2D eigenvalue weighted by Gasteiger charge is 2.18. The maximum absolute atomic E-state index is 11.6. The summed E-state index contributed by atoms with van der Waals surface area (Å²) in [6.07, 6.45) is 7.89. The minimum atomic E-state index is -0.00242. The molecule has 0 radical (unpaired) electrons. The zero-order chi connectivity index (χ0) is 12.4. The molecule has 0 aromatic carbocycles. The molecule has 0 saturated carbocycles. The Labute approximate surface area is 99.4 Å². The molecule has 0 aromatic rings. The van der Waals surface area contributed by atoms with Crippen LogP contribution in [0.5, 0.6) is 0 Å². The van der Waals surface area contributed by atoms with Gasteiger partial charge in [0.25, 0.3) is 0 Å². The molecule has 0 bridgehead atoms. The fourth-order valence-electron chi connectivity index (χ4n) is 1.33. The van der Waals surface area contributed by atoms with E-state index in [0.717, 1.165) is 32.4 Å². The molecule has 92 valence electrons. The van der Waals surface area contributed by atoms with Crippen molar-refractivity contribution in [3.05, 3.63) is 0 Å². The van der Waals surface area contributed by atoms with Crippen molar-refractivity contribution < 1.29 is 4.79 Å². The van der Waals surface area contributed by atoms with Gasteiger partial charge in [-0.3, -0.25) is 4.79 Å². The van der Waals surface area contributed by atoms with E-state index < -0.39 is 0 Å². The summed E-state index contributed by atoms with van der Waals surface area (Å²) in [5.41, 5.74) is 0. The molecule has 0 aliphatic carbocycles. The smallest absolute Gasteiger partial charge is 0.224 e. The molecule has 1 amide bonds. The predicted octanol–water partition coefficient (Wildman–Crippen LogP) is 1.54. The van der Waals surface area contributed by atoms with Gasteiger partial charge in [-0.15, -0.1) is 12.3 Å². The van der Waals surface area contributed by atoms with Gasteiger partial charge in [-0.25, -0.2) is 0 Å². The van der Waals surface area contributed by atoms with Gasteiger partial charge in [0, 0.05) is 19.0 Å². The summed E-state index contributed by atoms with van der Waals surface area (Å²) >= 11 is 0. The zero-order valence-corrected chi connectivity index (χ0v) is 10.7. The number of terminal acetylenes is 1. The summed E-state index contributed by atoms with van der Waals surface area (Å²) in [6.45, 7) is 7.66. The molecule has 0 rings (SSSR count). The molecule has 0 heterocycles. The second-order valence-corrected chi connectivity index (χ2v) is 4.13. The van der Waals surface area contributed by atoms with Crippen LogP contribution in [0.2, 0.25) is 0 Å². The molecule has 16 heavy (non-hydrogen) atoms. The Kier molecular flexibility index (Phi) is 8.65. The van der Waals surface area contributed by atoms with Crippen molar-refractivity contribution in [1.29, 1.82) is 0 Å². The van der Waals surface area contributed by atoms with Crippen LogP contribution in [0.25, 0.3) is 0 Å². The third-order valence-corrected chi connectivity index (χ3v) is 2.68. The molecule has 0 spiro atoms. The molecule has 2 atom stereocenters. The van der Waals surface area contributed by atoms with Crippen molar-refractivity contribution in [3.63, 3.8) is 0 Å². The Bertz CT molecular complexity index is 233. The monoisotopic (exact) mass is 224 g/mol. The topological polar surface area (TPSA) is 41.1 Å². The molecule has 0 aliphatic rings. The first kappa shape index (κ1) is 15.0. The normalized spacial score (nSPS) is 13.9. The Morgan fingerprint density at radius 3 is 2.62 bits per heavy atom. The van der Waals surface area contributed by atoms with Crippen molar-refractivity contribution in [2.75, 3.05) is 13.1 Å². The minimum absolute atomic E-state index is 0.00242. The summed E-state index contributed by atoms with van der Waals surface area (Å²) in [5, 5.41) is 6.22. The summed E-state index contributed by atoms with van der Waals surface area (Å²) in [6, 6.07) is 0.189. The average molecular weight is 224 g/mol. The van der Waals surface area contributed by atoms with E-state index in [1.807, 2.05) is 20.8 Å².